The summed E-state index contributed by atoms with van der Waals surface area (Å²) in [6, 6.07) is 12.8. The zero-order valence-electron chi connectivity index (χ0n) is 13.1. The number of fused-ring (bicyclic) bond motifs is 1. The third kappa shape index (κ3) is 2.87. The molecule has 0 saturated carbocycles. The van der Waals surface area contributed by atoms with Gasteiger partial charge >= 0.3 is 0 Å². The quantitative estimate of drug-likeness (QED) is 0.748. The molecular weight excluding hydrogens is 340 g/mol. The predicted octanol–water partition coefficient (Wildman–Crippen LogP) is 2.72. The minimum absolute atomic E-state index is 0.0254. The van der Waals surface area contributed by atoms with Crippen LogP contribution in [0, 0.1) is 22.7 Å². The number of H-pyrrole nitrogens is 1. The summed E-state index contributed by atoms with van der Waals surface area (Å²) in [6.45, 7) is 0. The van der Waals surface area contributed by atoms with Crippen LogP contribution in [-0.4, -0.2) is 20.5 Å². The molecule has 0 aliphatic carbocycles. The molecule has 0 bridgehead atoms. The minimum atomic E-state index is -3.90. The lowest BCUT2D eigenvalue weighted by Crippen LogP contribution is -2.13. The molecule has 0 saturated heterocycles. The number of aromatic amines is 1. The van der Waals surface area contributed by atoms with E-state index >= 15 is 0 Å². The van der Waals surface area contributed by atoms with Gasteiger partial charge in [0.15, 0.2) is 0 Å². The fourth-order valence-corrected chi connectivity index (χ4v) is 3.61. The maximum atomic E-state index is 12.6. The molecule has 0 spiro atoms. The zero-order chi connectivity index (χ0) is 18.0. The first-order chi connectivity index (χ1) is 12.0. The molecule has 0 atom stereocenters. The maximum Gasteiger partial charge on any atom is 0.262 e. The molecule has 3 rings (SSSR count). The van der Waals surface area contributed by atoms with E-state index in [1.165, 1.54) is 37.6 Å². The highest BCUT2D eigenvalue weighted by Gasteiger charge is 2.19. The number of benzene rings is 2. The summed E-state index contributed by atoms with van der Waals surface area (Å²) in [4.78, 5) is 2.87. The Labute approximate surface area is 144 Å². The molecule has 8 heteroatoms. The lowest BCUT2D eigenvalue weighted by atomic mass is 10.1. The highest BCUT2D eigenvalue weighted by atomic mass is 32.2. The summed E-state index contributed by atoms with van der Waals surface area (Å²) >= 11 is 0. The highest BCUT2D eigenvalue weighted by molar-refractivity contribution is 7.92. The third-order valence-corrected chi connectivity index (χ3v) is 5.02. The number of aromatic nitrogens is 1. The summed E-state index contributed by atoms with van der Waals surface area (Å²) in [7, 11) is -2.43. The van der Waals surface area contributed by atoms with Gasteiger partial charge in [0.25, 0.3) is 10.0 Å². The van der Waals surface area contributed by atoms with Crippen LogP contribution in [0.25, 0.3) is 10.9 Å². The second-order valence-corrected chi connectivity index (χ2v) is 6.81. The van der Waals surface area contributed by atoms with Gasteiger partial charge in [-0.1, -0.05) is 6.07 Å². The van der Waals surface area contributed by atoms with E-state index in [0.717, 1.165) is 0 Å². The minimum Gasteiger partial charge on any atom is -0.496 e. The van der Waals surface area contributed by atoms with Crippen molar-refractivity contribution in [1.82, 2.24) is 4.98 Å². The number of nitriles is 2. The van der Waals surface area contributed by atoms with Crippen molar-refractivity contribution >= 4 is 26.6 Å². The van der Waals surface area contributed by atoms with E-state index in [2.05, 4.69) is 9.71 Å². The second kappa shape index (κ2) is 6.19. The Morgan fingerprint density at radius 2 is 1.96 bits per heavy atom. The summed E-state index contributed by atoms with van der Waals surface area (Å²) in [5, 5.41) is 18.6. The number of sulfonamides is 1. The Bertz CT molecular complexity index is 1150. The van der Waals surface area contributed by atoms with Gasteiger partial charge in [-0.25, -0.2) is 8.42 Å². The van der Waals surface area contributed by atoms with Crippen LogP contribution in [0.3, 0.4) is 0 Å². The molecule has 3 aromatic rings. The van der Waals surface area contributed by atoms with Gasteiger partial charge in [-0.2, -0.15) is 10.5 Å². The van der Waals surface area contributed by atoms with Crippen molar-refractivity contribution in [3.05, 3.63) is 53.7 Å². The van der Waals surface area contributed by atoms with E-state index in [1.807, 2.05) is 12.1 Å². The van der Waals surface area contributed by atoms with Gasteiger partial charge in [0, 0.05) is 6.20 Å². The van der Waals surface area contributed by atoms with Gasteiger partial charge in [-0.3, -0.25) is 4.72 Å². The number of hydrogen-bond acceptors (Lipinski definition) is 5. The Morgan fingerprint density at radius 1 is 1.16 bits per heavy atom. The van der Waals surface area contributed by atoms with Crippen LogP contribution in [0.2, 0.25) is 0 Å². The number of anilines is 1. The number of hydrogen-bond donors (Lipinski definition) is 2. The molecule has 2 aromatic carbocycles. The average Bonchev–Trinajstić information content (AvgIpc) is 3.06. The maximum absolute atomic E-state index is 12.6. The fourth-order valence-electron chi connectivity index (χ4n) is 2.50. The second-order valence-electron chi connectivity index (χ2n) is 5.12. The molecule has 0 aliphatic rings. The number of rotatable bonds is 4. The van der Waals surface area contributed by atoms with E-state index in [4.69, 9.17) is 10.00 Å². The molecule has 0 unspecified atom stereocenters. The Hall–Kier alpha value is -3.49. The summed E-state index contributed by atoms with van der Waals surface area (Å²) in [5.41, 5.74) is 1.31. The van der Waals surface area contributed by atoms with Crippen LogP contribution in [-0.2, 0) is 10.0 Å². The monoisotopic (exact) mass is 352 g/mol. The largest absolute Gasteiger partial charge is 0.496 e. The van der Waals surface area contributed by atoms with Crippen molar-refractivity contribution in [1.29, 1.82) is 10.5 Å². The van der Waals surface area contributed by atoms with Crippen LogP contribution in [0.1, 0.15) is 11.1 Å². The Balaban J connectivity index is 2.11. The molecule has 0 radical (unpaired) electrons. The Kier molecular flexibility index (Phi) is 4.05. The van der Waals surface area contributed by atoms with Gasteiger partial charge in [0.1, 0.15) is 11.8 Å². The van der Waals surface area contributed by atoms with Crippen molar-refractivity contribution in [2.45, 2.75) is 4.90 Å². The molecule has 1 heterocycles. The van der Waals surface area contributed by atoms with Gasteiger partial charge in [0.2, 0.25) is 0 Å². The van der Waals surface area contributed by atoms with Crippen LogP contribution in [0.4, 0.5) is 5.69 Å². The standard InChI is InChI=1S/C17H12N4O3S/c1-24-15-6-5-14(17-16(15)12(9-19)10-20-17)21-25(22,23)13-4-2-3-11(7-13)8-18/h2-7,10,20-21H,1H3. The van der Waals surface area contributed by atoms with Crippen molar-refractivity contribution < 1.29 is 13.2 Å². The molecule has 2 N–H and O–H groups in total. The normalized spacial score (nSPS) is 10.8. The topological polar surface area (TPSA) is 119 Å². The van der Waals surface area contributed by atoms with E-state index in [1.54, 1.807) is 12.1 Å². The summed E-state index contributed by atoms with van der Waals surface area (Å²) in [6.07, 6.45) is 1.49. The van der Waals surface area contributed by atoms with Crippen LogP contribution in [0.15, 0.2) is 47.5 Å². The molecule has 124 valence electrons. The van der Waals surface area contributed by atoms with Crippen LogP contribution in [0.5, 0.6) is 5.75 Å². The van der Waals surface area contributed by atoms with Gasteiger partial charge in [0.05, 0.1) is 45.8 Å². The molecule has 0 fully saturated rings. The molecule has 0 aliphatic heterocycles. The Morgan fingerprint density at radius 3 is 2.64 bits per heavy atom. The van der Waals surface area contributed by atoms with Crippen molar-refractivity contribution in [3.8, 4) is 17.9 Å². The van der Waals surface area contributed by atoms with E-state index in [9.17, 15) is 13.7 Å². The summed E-state index contributed by atoms with van der Waals surface area (Å²) in [5.74, 6) is 0.460. The number of ether oxygens (including phenoxy) is 1. The first-order valence-electron chi connectivity index (χ1n) is 7.11. The first-order valence-corrected chi connectivity index (χ1v) is 8.59. The van der Waals surface area contributed by atoms with Gasteiger partial charge < -0.3 is 9.72 Å². The lowest BCUT2D eigenvalue weighted by Gasteiger charge is -2.11. The van der Waals surface area contributed by atoms with E-state index in [0.29, 0.717) is 22.2 Å². The number of methoxy groups -OCH3 is 1. The predicted molar refractivity (Wildman–Crippen MR) is 91.5 cm³/mol. The molecule has 0 amide bonds. The first kappa shape index (κ1) is 16.4. The van der Waals surface area contributed by atoms with E-state index < -0.39 is 10.0 Å². The van der Waals surface area contributed by atoms with Crippen molar-refractivity contribution in [2.75, 3.05) is 11.8 Å². The fraction of sp³-hybridized carbons (Fsp3) is 0.0588. The van der Waals surface area contributed by atoms with Crippen LogP contribution >= 0.6 is 0 Å². The van der Waals surface area contributed by atoms with Gasteiger partial charge in [-0.15, -0.1) is 0 Å². The molecular formula is C17H12N4O3S. The van der Waals surface area contributed by atoms with Crippen LogP contribution < -0.4 is 9.46 Å². The molecule has 25 heavy (non-hydrogen) atoms. The lowest BCUT2D eigenvalue weighted by molar-refractivity contribution is 0.420. The summed E-state index contributed by atoms with van der Waals surface area (Å²) < 4.78 is 33.0. The van der Waals surface area contributed by atoms with Gasteiger partial charge in [-0.05, 0) is 30.3 Å². The zero-order valence-corrected chi connectivity index (χ0v) is 13.9. The van der Waals surface area contributed by atoms with Crippen molar-refractivity contribution in [2.24, 2.45) is 0 Å². The number of nitrogens with one attached hydrogen (secondary N) is 2. The third-order valence-electron chi connectivity index (χ3n) is 3.66. The van der Waals surface area contributed by atoms with Crippen molar-refractivity contribution in [3.63, 3.8) is 0 Å². The van der Waals surface area contributed by atoms with E-state index in [-0.39, 0.29) is 16.1 Å². The highest BCUT2D eigenvalue weighted by Crippen LogP contribution is 2.34. The molecule has 7 nitrogen and oxygen atoms in total. The SMILES string of the molecule is COc1ccc(NS(=O)(=O)c2cccc(C#N)c2)c2[nH]cc(C#N)c12. The number of nitrogens with zero attached hydrogens (tertiary/aromatic N) is 2. The smallest absolute Gasteiger partial charge is 0.262 e. The average molecular weight is 352 g/mol. The molecule has 1 aromatic heterocycles.